The summed E-state index contributed by atoms with van der Waals surface area (Å²) in [7, 11) is 0. The molecule has 4 aromatic rings. The van der Waals surface area contributed by atoms with E-state index in [1.807, 2.05) is 11.8 Å². The normalized spacial score (nSPS) is 12.4. The standard InChI is InChI=1S/C25H19NS/c1-18-11-13-19(14-12-18)20-15-16-23-25(17-20)27-24-10-6-5-9-22(24)26(23)21-7-3-2-4-8-21/h2-17H,1H3. The van der Waals surface area contributed by atoms with Crippen LogP contribution in [0, 0.1) is 6.92 Å². The van der Waals surface area contributed by atoms with Crippen molar-refractivity contribution in [2.75, 3.05) is 4.90 Å². The van der Waals surface area contributed by atoms with Gasteiger partial charge in [0.15, 0.2) is 0 Å². The summed E-state index contributed by atoms with van der Waals surface area (Å²) in [6, 6.07) is 34.8. The number of para-hydroxylation sites is 2. The lowest BCUT2D eigenvalue weighted by Gasteiger charge is -2.33. The monoisotopic (exact) mass is 365 g/mol. The van der Waals surface area contributed by atoms with Crippen LogP contribution in [-0.4, -0.2) is 0 Å². The molecule has 0 amide bonds. The van der Waals surface area contributed by atoms with Crippen molar-refractivity contribution >= 4 is 28.8 Å². The van der Waals surface area contributed by atoms with E-state index in [9.17, 15) is 0 Å². The van der Waals surface area contributed by atoms with Gasteiger partial charge >= 0.3 is 0 Å². The van der Waals surface area contributed by atoms with E-state index in [2.05, 4.69) is 109 Å². The highest BCUT2D eigenvalue weighted by Gasteiger charge is 2.24. The summed E-state index contributed by atoms with van der Waals surface area (Å²) in [5, 5.41) is 0. The van der Waals surface area contributed by atoms with E-state index < -0.39 is 0 Å². The van der Waals surface area contributed by atoms with Gasteiger partial charge in [-0.3, -0.25) is 0 Å². The maximum atomic E-state index is 2.36. The zero-order chi connectivity index (χ0) is 18.2. The summed E-state index contributed by atoms with van der Waals surface area (Å²) in [6.45, 7) is 2.13. The van der Waals surface area contributed by atoms with E-state index in [-0.39, 0.29) is 0 Å². The van der Waals surface area contributed by atoms with Crippen molar-refractivity contribution in [3.63, 3.8) is 0 Å². The van der Waals surface area contributed by atoms with Gasteiger partial charge in [-0.15, -0.1) is 0 Å². The van der Waals surface area contributed by atoms with Gasteiger partial charge in [-0.05, 0) is 54.4 Å². The van der Waals surface area contributed by atoms with Crippen molar-refractivity contribution in [3.8, 4) is 11.1 Å². The lowest BCUT2D eigenvalue weighted by atomic mass is 10.0. The predicted octanol–water partition coefficient (Wildman–Crippen LogP) is 7.60. The van der Waals surface area contributed by atoms with Crippen LogP contribution in [0.5, 0.6) is 0 Å². The minimum Gasteiger partial charge on any atom is -0.308 e. The van der Waals surface area contributed by atoms with Gasteiger partial charge in [0.25, 0.3) is 0 Å². The SMILES string of the molecule is Cc1ccc(-c2ccc3c(c2)Sc2ccccc2N3c2ccccc2)cc1. The van der Waals surface area contributed by atoms with Crippen molar-refractivity contribution in [2.24, 2.45) is 0 Å². The average Bonchev–Trinajstić information content (AvgIpc) is 2.73. The molecule has 1 aliphatic heterocycles. The molecule has 0 unspecified atom stereocenters. The van der Waals surface area contributed by atoms with Crippen molar-refractivity contribution in [2.45, 2.75) is 16.7 Å². The first-order valence-electron chi connectivity index (χ1n) is 9.13. The fourth-order valence-electron chi connectivity index (χ4n) is 3.54. The smallest absolute Gasteiger partial charge is 0.0602 e. The first-order chi connectivity index (χ1) is 13.3. The Labute approximate surface area is 164 Å². The maximum Gasteiger partial charge on any atom is 0.0602 e. The van der Waals surface area contributed by atoms with Crippen molar-refractivity contribution in [1.82, 2.24) is 0 Å². The highest BCUT2D eigenvalue weighted by atomic mass is 32.2. The van der Waals surface area contributed by atoms with Crippen LogP contribution < -0.4 is 4.90 Å². The average molecular weight is 366 g/mol. The van der Waals surface area contributed by atoms with Gasteiger partial charge in [-0.2, -0.15) is 0 Å². The molecule has 0 radical (unpaired) electrons. The third kappa shape index (κ3) is 2.92. The Hall–Kier alpha value is -2.97. The zero-order valence-electron chi connectivity index (χ0n) is 15.1. The molecule has 0 aromatic heterocycles. The van der Waals surface area contributed by atoms with E-state index >= 15 is 0 Å². The molecule has 0 saturated carbocycles. The van der Waals surface area contributed by atoms with E-state index in [1.165, 1.54) is 43.5 Å². The van der Waals surface area contributed by atoms with E-state index in [0.29, 0.717) is 0 Å². The van der Waals surface area contributed by atoms with Gasteiger partial charge in [-0.25, -0.2) is 0 Å². The minimum atomic E-state index is 1.19. The van der Waals surface area contributed by atoms with Crippen LogP contribution in [0.25, 0.3) is 11.1 Å². The highest BCUT2D eigenvalue weighted by Crippen LogP contribution is 2.51. The van der Waals surface area contributed by atoms with Gasteiger partial charge in [0.05, 0.1) is 11.4 Å². The van der Waals surface area contributed by atoms with Gasteiger partial charge in [0.1, 0.15) is 0 Å². The molecule has 5 rings (SSSR count). The lowest BCUT2D eigenvalue weighted by molar-refractivity contribution is 1.17. The Morgan fingerprint density at radius 2 is 1.26 bits per heavy atom. The fourth-order valence-corrected chi connectivity index (χ4v) is 4.64. The van der Waals surface area contributed by atoms with Gasteiger partial charge in [0, 0.05) is 15.5 Å². The number of nitrogens with zero attached hydrogens (tertiary/aromatic N) is 1. The second-order valence-corrected chi connectivity index (χ2v) is 7.87. The number of aryl methyl sites for hydroxylation is 1. The minimum absolute atomic E-state index is 1.19. The zero-order valence-corrected chi connectivity index (χ0v) is 15.9. The number of benzene rings is 4. The van der Waals surface area contributed by atoms with Gasteiger partial charge < -0.3 is 4.90 Å². The molecule has 0 spiro atoms. The first-order valence-corrected chi connectivity index (χ1v) is 9.94. The molecule has 0 fully saturated rings. The van der Waals surface area contributed by atoms with Crippen LogP contribution in [-0.2, 0) is 0 Å². The summed E-state index contributed by atoms with van der Waals surface area (Å²) in [5.74, 6) is 0. The Bertz CT molecular complexity index is 1100. The number of rotatable bonds is 2. The van der Waals surface area contributed by atoms with Crippen LogP contribution in [0.2, 0.25) is 0 Å². The summed E-state index contributed by atoms with van der Waals surface area (Å²) < 4.78 is 0. The van der Waals surface area contributed by atoms with E-state index in [4.69, 9.17) is 0 Å². The quantitative estimate of drug-likeness (QED) is 0.317. The predicted molar refractivity (Wildman–Crippen MR) is 115 cm³/mol. The molecule has 27 heavy (non-hydrogen) atoms. The molecule has 130 valence electrons. The molecule has 0 atom stereocenters. The second-order valence-electron chi connectivity index (χ2n) is 6.79. The van der Waals surface area contributed by atoms with Gasteiger partial charge in [-0.1, -0.05) is 78.0 Å². The number of hydrogen-bond acceptors (Lipinski definition) is 2. The van der Waals surface area contributed by atoms with Gasteiger partial charge in [0.2, 0.25) is 0 Å². The molecule has 0 N–H and O–H groups in total. The third-order valence-electron chi connectivity index (χ3n) is 4.93. The summed E-state index contributed by atoms with van der Waals surface area (Å²) in [6.07, 6.45) is 0. The summed E-state index contributed by atoms with van der Waals surface area (Å²) in [4.78, 5) is 4.94. The number of fused-ring (bicyclic) bond motifs is 2. The second kappa shape index (κ2) is 6.64. The molecule has 0 saturated heterocycles. The summed E-state index contributed by atoms with van der Waals surface area (Å²) >= 11 is 1.85. The van der Waals surface area contributed by atoms with Crippen molar-refractivity contribution < 1.29 is 0 Å². The molecule has 4 aromatic carbocycles. The van der Waals surface area contributed by atoms with Crippen LogP contribution in [0.3, 0.4) is 0 Å². The molecule has 1 heterocycles. The molecular formula is C25H19NS. The van der Waals surface area contributed by atoms with Crippen LogP contribution in [0.15, 0.2) is 107 Å². The van der Waals surface area contributed by atoms with Crippen molar-refractivity contribution in [1.29, 1.82) is 0 Å². The molecule has 0 bridgehead atoms. The van der Waals surface area contributed by atoms with Crippen molar-refractivity contribution in [3.05, 3.63) is 103 Å². The Kier molecular flexibility index (Phi) is 3.99. The lowest BCUT2D eigenvalue weighted by Crippen LogP contribution is -2.14. The molecule has 2 heteroatoms. The Morgan fingerprint density at radius 1 is 0.593 bits per heavy atom. The fraction of sp³-hybridized carbons (Fsp3) is 0.0400. The largest absolute Gasteiger partial charge is 0.308 e. The molecular weight excluding hydrogens is 346 g/mol. The van der Waals surface area contributed by atoms with Crippen LogP contribution >= 0.6 is 11.8 Å². The topological polar surface area (TPSA) is 3.24 Å². The van der Waals surface area contributed by atoms with Crippen LogP contribution in [0.1, 0.15) is 5.56 Å². The third-order valence-corrected chi connectivity index (χ3v) is 6.04. The Morgan fingerprint density at radius 3 is 2.07 bits per heavy atom. The number of anilines is 3. The number of hydrogen-bond donors (Lipinski definition) is 0. The highest BCUT2D eigenvalue weighted by molar-refractivity contribution is 7.99. The van der Waals surface area contributed by atoms with E-state index in [1.54, 1.807) is 0 Å². The molecule has 0 aliphatic carbocycles. The maximum absolute atomic E-state index is 2.36. The van der Waals surface area contributed by atoms with Crippen LogP contribution in [0.4, 0.5) is 17.1 Å². The van der Waals surface area contributed by atoms with E-state index in [0.717, 1.165) is 0 Å². The molecule has 1 nitrogen and oxygen atoms in total. The Balaban J connectivity index is 1.66. The first kappa shape index (κ1) is 16.2. The summed E-state index contributed by atoms with van der Waals surface area (Å²) in [5.41, 5.74) is 7.47. The molecule has 1 aliphatic rings.